The van der Waals surface area contributed by atoms with E-state index in [9.17, 15) is 0 Å². The first-order chi connectivity index (χ1) is 6.46. The number of nitrogens with two attached hydrogens (primary N) is 2. The van der Waals surface area contributed by atoms with Gasteiger partial charge in [-0.15, -0.1) is 0 Å². The molecule has 0 saturated carbocycles. The summed E-state index contributed by atoms with van der Waals surface area (Å²) in [5, 5.41) is 34.2. The van der Waals surface area contributed by atoms with Crippen LogP contribution in [0.3, 0.4) is 0 Å². The molecule has 1 heterocycles. The van der Waals surface area contributed by atoms with Gasteiger partial charge in [-0.1, -0.05) is 0 Å². The molecule has 0 bridgehead atoms. The van der Waals surface area contributed by atoms with E-state index in [4.69, 9.17) is 30.6 Å². The van der Waals surface area contributed by atoms with Crippen LogP contribution in [-0.2, 0) is 0 Å². The number of rotatable bonds is 0. The third kappa shape index (κ3) is 48.0. The Morgan fingerprint density at radius 2 is 0.857 bits per heavy atom. The first-order valence-electron chi connectivity index (χ1n) is 3.73. The molecular weight excluding hydrogens is 200 g/mol. The molecule has 1 fully saturated rings. The smallest absolute Gasteiger partial charge is 0.125 e. The summed E-state index contributed by atoms with van der Waals surface area (Å²) in [6, 6.07) is 0. The minimum atomic E-state index is -1.75. The van der Waals surface area contributed by atoms with Crippen molar-refractivity contribution in [3.05, 3.63) is 30.6 Å². The molecule has 10 nitrogen and oxygen atoms in total. The molecular formula is C4H12N4O6. The SMILES string of the molecule is C1C[NH2+]CC[NH2+]1.O=[N+]([O-])[O-].O=[N+]([O-])[O-]. The summed E-state index contributed by atoms with van der Waals surface area (Å²) in [4.78, 5) is 16.5. The summed E-state index contributed by atoms with van der Waals surface area (Å²) in [6.45, 7) is 5.28. The lowest BCUT2D eigenvalue weighted by atomic mass is 10.4. The molecule has 10 heteroatoms. The predicted octanol–water partition coefficient (Wildman–Crippen LogP) is -3.35. The van der Waals surface area contributed by atoms with Gasteiger partial charge in [-0.25, -0.2) is 0 Å². The molecule has 84 valence electrons. The van der Waals surface area contributed by atoms with Crippen LogP contribution in [0.25, 0.3) is 0 Å². The molecule has 0 spiro atoms. The average Bonchev–Trinajstić information content (AvgIpc) is 2.05. The zero-order valence-electron chi connectivity index (χ0n) is 7.33. The van der Waals surface area contributed by atoms with Gasteiger partial charge in [-0.3, -0.25) is 0 Å². The van der Waals surface area contributed by atoms with Gasteiger partial charge in [0.15, 0.2) is 0 Å². The van der Waals surface area contributed by atoms with Gasteiger partial charge in [0, 0.05) is 0 Å². The molecule has 4 N–H and O–H groups in total. The molecule has 0 aromatic heterocycles. The Kier molecular flexibility index (Phi) is 12.0. The molecule has 0 unspecified atom stereocenters. The minimum absolute atomic E-state index is 1.32. The Balaban J connectivity index is 0. The maximum absolute atomic E-state index is 8.25. The van der Waals surface area contributed by atoms with Gasteiger partial charge in [-0.2, -0.15) is 0 Å². The van der Waals surface area contributed by atoms with Crippen LogP contribution >= 0.6 is 0 Å². The molecule has 1 rings (SSSR count). The van der Waals surface area contributed by atoms with Crippen LogP contribution in [0.4, 0.5) is 0 Å². The van der Waals surface area contributed by atoms with E-state index >= 15 is 0 Å². The van der Waals surface area contributed by atoms with Crippen LogP contribution in [0.1, 0.15) is 0 Å². The van der Waals surface area contributed by atoms with Crippen molar-refractivity contribution in [1.82, 2.24) is 0 Å². The Hall–Kier alpha value is -1.68. The Labute approximate surface area is 78.7 Å². The van der Waals surface area contributed by atoms with Gasteiger partial charge < -0.3 is 41.3 Å². The Morgan fingerprint density at radius 1 is 0.714 bits per heavy atom. The molecule has 0 amide bonds. The summed E-state index contributed by atoms with van der Waals surface area (Å²) in [5.74, 6) is 0. The van der Waals surface area contributed by atoms with E-state index < -0.39 is 10.2 Å². The molecule has 1 aliphatic rings. The lowest BCUT2D eigenvalue weighted by molar-refractivity contribution is -0.787. The number of quaternary nitrogens is 2. The lowest BCUT2D eigenvalue weighted by Crippen LogP contribution is -3.04. The van der Waals surface area contributed by atoms with Crippen molar-refractivity contribution in [3.8, 4) is 0 Å². The summed E-state index contributed by atoms with van der Waals surface area (Å²) in [6.07, 6.45) is 0. The second kappa shape index (κ2) is 11.3. The summed E-state index contributed by atoms with van der Waals surface area (Å²) >= 11 is 0. The van der Waals surface area contributed by atoms with Crippen molar-refractivity contribution in [3.63, 3.8) is 0 Å². The van der Waals surface area contributed by atoms with Crippen molar-refractivity contribution in [2.75, 3.05) is 26.2 Å². The zero-order valence-corrected chi connectivity index (χ0v) is 7.33. The second-order valence-corrected chi connectivity index (χ2v) is 2.18. The molecule has 0 aromatic carbocycles. The van der Waals surface area contributed by atoms with Crippen molar-refractivity contribution < 1.29 is 20.8 Å². The fourth-order valence-electron chi connectivity index (χ4n) is 0.760. The van der Waals surface area contributed by atoms with E-state index in [1.807, 2.05) is 0 Å². The van der Waals surface area contributed by atoms with Gasteiger partial charge in [-0.05, 0) is 0 Å². The summed E-state index contributed by atoms with van der Waals surface area (Å²) < 4.78 is 0. The third-order valence-corrected chi connectivity index (χ3v) is 1.15. The molecule has 0 aliphatic carbocycles. The quantitative estimate of drug-likeness (QED) is 0.314. The highest BCUT2D eigenvalue weighted by Gasteiger charge is 1.99. The van der Waals surface area contributed by atoms with Crippen LogP contribution in [0.15, 0.2) is 0 Å². The first kappa shape index (κ1) is 14.8. The molecule has 0 atom stereocenters. The van der Waals surface area contributed by atoms with E-state index in [-0.39, 0.29) is 0 Å². The van der Waals surface area contributed by atoms with Gasteiger partial charge >= 0.3 is 0 Å². The third-order valence-electron chi connectivity index (χ3n) is 1.15. The van der Waals surface area contributed by atoms with Gasteiger partial charge in [0.1, 0.15) is 26.2 Å². The highest BCUT2D eigenvalue weighted by Crippen LogP contribution is 1.44. The lowest BCUT2D eigenvalue weighted by Gasteiger charge is -2.04. The Bertz CT molecular complexity index is 128. The normalized spacial score (nSPS) is 13.7. The van der Waals surface area contributed by atoms with Crippen LogP contribution < -0.4 is 10.6 Å². The van der Waals surface area contributed by atoms with Gasteiger partial charge in [0.05, 0.1) is 10.2 Å². The molecule has 1 aliphatic heterocycles. The maximum atomic E-state index is 8.25. The zero-order chi connectivity index (χ0) is 11.4. The van der Waals surface area contributed by atoms with Gasteiger partial charge in [0.25, 0.3) is 0 Å². The second-order valence-electron chi connectivity index (χ2n) is 2.18. The van der Waals surface area contributed by atoms with E-state index in [2.05, 4.69) is 10.6 Å². The largest absolute Gasteiger partial charge is 0.356 e. The first-order valence-corrected chi connectivity index (χ1v) is 3.73. The fraction of sp³-hybridized carbons (Fsp3) is 1.00. The average molecular weight is 212 g/mol. The predicted molar refractivity (Wildman–Crippen MR) is 44.0 cm³/mol. The van der Waals surface area contributed by atoms with Gasteiger partial charge in [0.2, 0.25) is 0 Å². The van der Waals surface area contributed by atoms with E-state index in [0.717, 1.165) is 0 Å². The molecule has 0 radical (unpaired) electrons. The molecule has 14 heavy (non-hydrogen) atoms. The van der Waals surface area contributed by atoms with E-state index in [0.29, 0.717) is 0 Å². The van der Waals surface area contributed by atoms with Crippen molar-refractivity contribution >= 4 is 0 Å². The number of hydrogen-bond donors (Lipinski definition) is 2. The standard InChI is InChI=1S/C4H10N2.2NO3/c1-2-6-4-3-5-1;2*2-1(3)4/h5-6H,1-4H2;;/q;2*-1/p+2. The van der Waals surface area contributed by atoms with E-state index in [1.165, 1.54) is 26.2 Å². The maximum Gasteiger partial charge on any atom is 0.125 e. The van der Waals surface area contributed by atoms with Crippen molar-refractivity contribution in [1.29, 1.82) is 0 Å². The van der Waals surface area contributed by atoms with Crippen LogP contribution in [0.2, 0.25) is 0 Å². The van der Waals surface area contributed by atoms with Crippen molar-refractivity contribution in [2.45, 2.75) is 0 Å². The summed E-state index contributed by atoms with van der Waals surface area (Å²) in [7, 11) is 0. The fourth-order valence-corrected chi connectivity index (χ4v) is 0.760. The van der Waals surface area contributed by atoms with Crippen LogP contribution in [0.5, 0.6) is 0 Å². The monoisotopic (exact) mass is 212 g/mol. The van der Waals surface area contributed by atoms with Crippen molar-refractivity contribution in [2.24, 2.45) is 0 Å². The van der Waals surface area contributed by atoms with Crippen LogP contribution in [-0.4, -0.2) is 36.4 Å². The molecule has 0 aromatic rings. The molecule has 1 saturated heterocycles. The number of piperazine rings is 1. The highest BCUT2D eigenvalue weighted by atomic mass is 16.9. The topological polar surface area (TPSA) is 166 Å². The Morgan fingerprint density at radius 3 is 0.929 bits per heavy atom. The minimum Gasteiger partial charge on any atom is -0.356 e. The highest BCUT2D eigenvalue weighted by molar-refractivity contribution is 4.23. The van der Waals surface area contributed by atoms with E-state index in [1.54, 1.807) is 0 Å². The summed E-state index contributed by atoms with van der Waals surface area (Å²) in [5.41, 5.74) is 0. The number of nitrogens with zero attached hydrogens (tertiary/aromatic N) is 2. The number of hydrogen-bond acceptors (Lipinski definition) is 6. The van der Waals surface area contributed by atoms with Crippen LogP contribution in [0, 0.1) is 30.6 Å².